The first-order chi connectivity index (χ1) is 9.63. The molecular weight excluding hydrogens is 254 g/mol. The quantitative estimate of drug-likeness (QED) is 0.933. The summed E-state index contributed by atoms with van der Waals surface area (Å²) in [6, 6.07) is 6.88. The molecule has 0 spiro atoms. The van der Waals surface area contributed by atoms with Crippen LogP contribution in [0.25, 0.3) is 0 Å². The van der Waals surface area contributed by atoms with Crippen LogP contribution in [0.5, 0.6) is 5.75 Å². The monoisotopic (exact) mass is 271 g/mol. The van der Waals surface area contributed by atoms with Crippen LogP contribution in [0, 0.1) is 12.8 Å². The summed E-state index contributed by atoms with van der Waals surface area (Å²) in [4.78, 5) is 14.2. The molecule has 1 amide bonds. The van der Waals surface area contributed by atoms with Crippen molar-refractivity contribution in [2.75, 3.05) is 13.1 Å². The number of hydrogen-bond donors (Lipinski definition) is 1. The Morgan fingerprint density at radius 1 is 1.40 bits per heavy atom. The van der Waals surface area contributed by atoms with Gasteiger partial charge in [-0.2, -0.15) is 0 Å². The molecule has 4 nitrogen and oxygen atoms in total. The van der Waals surface area contributed by atoms with Crippen LogP contribution in [0.15, 0.2) is 41.2 Å². The number of aromatic hydroxyl groups is 1. The number of carbonyl (C=O) groups excluding carboxylic acids is 1. The van der Waals surface area contributed by atoms with Crippen molar-refractivity contribution in [2.24, 2.45) is 5.92 Å². The molecule has 20 heavy (non-hydrogen) atoms. The average molecular weight is 271 g/mol. The topological polar surface area (TPSA) is 53.7 Å². The number of rotatable bonds is 3. The van der Waals surface area contributed by atoms with Gasteiger partial charge in [0.05, 0.1) is 12.5 Å². The molecule has 1 saturated heterocycles. The zero-order valence-corrected chi connectivity index (χ0v) is 11.4. The summed E-state index contributed by atoms with van der Waals surface area (Å²) in [5, 5.41) is 9.50. The minimum absolute atomic E-state index is 0.00171. The lowest BCUT2D eigenvalue weighted by atomic mass is 9.92. The fraction of sp³-hybridized carbons (Fsp3) is 0.312. The molecule has 0 radical (unpaired) electrons. The Labute approximate surface area is 117 Å². The number of phenols is 1. The van der Waals surface area contributed by atoms with E-state index >= 15 is 0 Å². The van der Waals surface area contributed by atoms with Gasteiger partial charge in [-0.25, -0.2) is 0 Å². The predicted molar refractivity (Wildman–Crippen MR) is 74.6 cm³/mol. The zero-order chi connectivity index (χ0) is 14.1. The normalized spacial score (nSPS) is 15.2. The first kappa shape index (κ1) is 12.8. The smallest absolute Gasteiger partial charge is 0.254 e. The molecule has 1 aromatic carbocycles. The lowest BCUT2D eigenvalue weighted by Gasteiger charge is -2.39. The molecule has 0 saturated carbocycles. The lowest BCUT2D eigenvalue weighted by Crippen LogP contribution is -2.50. The molecule has 4 heteroatoms. The second kappa shape index (κ2) is 5.04. The van der Waals surface area contributed by atoms with Gasteiger partial charge in [-0.15, -0.1) is 0 Å². The summed E-state index contributed by atoms with van der Waals surface area (Å²) in [6.45, 7) is 3.41. The van der Waals surface area contributed by atoms with Crippen LogP contribution in [0.1, 0.15) is 21.5 Å². The molecule has 0 atom stereocenters. The molecule has 0 aliphatic carbocycles. The van der Waals surface area contributed by atoms with Gasteiger partial charge in [0.2, 0.25) is 0 Å². The van der Waals surface area contributed by atoms with Crippen molar-refractivity contribution >= 4 is 5.91 Å². The number of benzene rings is 1. The number of furan rings is 1. The molecule has 1 N–H and O–H groups in total. The summed E-state index contributed by atoms with van der Waals surface area (Å²) in [5.74, 6) is 0.630. The van der Waals surface area contributed by atoms with Crippen LogP contribution in [0.4, 0.5) is 0 Å². The van der Waals surface area contributed by atoms with Gasteiger partial charge < -0.3 is 14.4 Å². The van der Waals surface area contributed by atoms with Crippen LogP contribution in [-0.4, -0.2) is 29.0 Å². The van der Waals surface area contributed by atoms with Gasteiger partial charge in [0.15, 0.2) is 0 Å². The van der Waals surface area contributed by atoms with Gasteiger partial charge in [-0.3, -0.25) is 4.79 Å². The molecule has 1 aliphatic rings. The molecule has 2 heterocycles. The van der Waals surface area contributed by atoms with Crippen molar-refractivity contribution in [2.45, 2.75) is 13.3 Å². The summed E-state index contributed by atoms with van der Waals surface area (Å²) >= 11 is 0. The second-order valence-corrected chi connectivity index (χ2v) is 5.41. The van der Waals surface area contributed by atoms with Gasteiger partial charge in [0.25, 0.3) is 5.91 Å². The van der Waals surface area contributed by atoms with E-state index in [1.54, 1.807) is 30.7 Å². The van der Waals surface area contributed by atoms with Crippen LogP contribution in [-0.2, 0) is 6.42 Å². The second-order valence-electron chi connectivity index (χ2n) is 5.41. The van der Waals surface area contributed by atoms with Crippen LogP contribution in [0.3, 0.4) is 0 Å². The van der Waals surface area contributed by atoms with E-state index < -0.39 is 0 Å². The molecular formula is C16H17NO3. The lowest BCUT2D eigenvalue weighted by molar-refractivity contribution is 0.0500. The van der Waals surface area contributed by atoms with E-state index in [-0.39, 0.29) is 11.7 Å². The SMILES string of the molecule is Cc1ccc(O)cc1C(=O)N1CC(Cc2ccoc2)C1. The van der Waals surface area contributed by atoms with Crippen molar-refractivity contribution < 1.29 is 14.3 Å². The Balaban J connectivity index is 1.62. The number of phenolic OH excluding ortho intramolecular Hbond substituents is 1. The predicted octanol–water partition coefficient (Wildman–Crippen LogP) is 2.61. The molecule has 0 unspecified atom stereocenters. The van der Waals surface area contributed by atoms with Crippen molar-refractivity contribution in [3.63, 3.8) is 0 Å². The van der Waals surface area contributed by atoms with Gasteiger partial charge in [-0.1, -0.05) is 6.07 Å². The van der Waals surface area contributed by atoms with Crippen LogP contribution in [0.2, 0.25) is 0 Å². The molecule has 1 aliphatic heterocycles. The van der Waals surface area contributed by atoms with E-state index in [2.05, 4.69) is 0 Å². The molecule has 0 bridgehead atoms. The number of likely N-dealkylation sites (tertiary alicyclic amines) is 1. The van der Waals surface area contributed by atoms with Gasteiger partial charge in [-0.05, 0) is 48.6 Å². The Morgan fingerprint density at radius 2 is 2.20 bits per heavy atom. The van der Waals surface area contributed by atoms with E-state index in [9.17, 15) is 9.90 Å². The van der Waals surface area contributed by atoms with Gasteiger partial charge >= 0.3 is 0 Å². The summed E-state index contributed by atoms with van der Waals surface area (Å²) in [6.07, 6.45) is 4.37. The minimum atomic E-state index is 0.00171. The molecule has 3 rings (SSSR count). The van der Waals surface area contributed by atoms with Gasteiger partial charge in [0.1, 0.15) is 5.75 Å². The first-order valence-electron chi connectivity index (χ1n) is 6.73. The molecule has 104 valence electrons. The maximum Gasteiger partial charge on any atom is 0.254 e. The third-order valence-corrected chi connectivity index (χ3v) is 3.80. The average Bonchev–Trinajstić information content (AvgIpc) is 2.88. The number of hydrogen-bond acceptors (Lipinski definition) is 3. The minimum Gasteiger partial charge on any atom is -0.508 e. The van der Waals surface area contributed by atoms with E-state index in [0.717, 1.165) is 25.1 Å². The Hall–Kier alpha value is -2.23. The van der Waals surface area contributed by atoms with Crippen LogP contribution >= 0.6 is 0 Å². The largest absolute Gasteiger partial charge is 0.508 e. The number of aryl methyl sites for hydroxylation is 1. The highest BCUT2D eigenvalue weighted by Gasteiger charge is 2.31. The van der Waals surface area contributed by atoms with Crippen molar-refractivity contribution in [1.29, 1.82) is 0 Å². The summed E-state index contributed by atoms with van der Waals surface area (Å²) in [5.41, 5.74) is 2.66. The number of nitrogens with zero attached hydrogens (tertiary/aromatic N) is 1. The number of amides is 1. The number of carbonyl (C=O) groups is 1. The highest BCUT2D eigenvalue weighted by molar-refractivity contribution is 5.96. The Bertz CT molecular complexity index is 613. The Morgan fingerprint density at radius 3 is 2.90 bits per heavy atom. The Kier molecular flexibility index (Phi) is 3.22. The molecule has 2 aromatic rings. The third-order valence-electron chi connectivity index (χ3n) is 3.80. The van der Waals surface area contributed by atoms with E-state index in [1.165, 1.54) is 5.56 Å². The van der Waals surface area contributed by atoms with Crippen LogP contribution < -0.4 is 0 Å². The van der Waals surface area contributed by atoms with Crippen molar-refractivity contribution in [3.05, 3.63) is 53.5 Å². The summed E-state index contributed by atoms with van der Waals surface area (Å²) < 4.78 is 5.05. The highest BCUT2D eigenvalue weighted by atomic mass is 16.3. The zero-order valence-electron chi connectivity index (χ0n) is 11.4. The van der Waals surface area contributed by atoms with E-state index in [1.807, 2.05) is 17.9 Å². The summed E-state index contributed by atoms with van der Waals surface area (Å²) in [7, 11) is 0. The third kappa shape index (κ3) is 2.41. The fourth-order valence-corrected chi connectivity index (χ4v) is 2.62. The molecule has 1 aromatic heterocycles. The fourth-order valence-electron chi connectivity index (χ4n) is 2.62. The highest BCUT2D eigenvalue weighted by Crippen LogP contribution is 2.25. The maximum absolute atomic E-state index is 12.3. The van der Waals surface area contributed by atoms with E-state index in [0.29, 0.717) is 11.5 Å². The maximum atomic E-state index is 12.3. The van der Waals surface area contributed by atoms with Gasteiger partial charge in [0, 0.05) is 18.7 Å². The first-order valence-corrected chi connectivity index (χ1v) is 6.73. The standard InChI is InChI=1S/C16H17NO3/c1-11-2-3-14(18)7-15(11)16(19)17-8-13(9-17)6-12-4-5-20-10-12/h2-5,7,10,13,18H,6,8-9H2,1H3. The molecule has 1 fully saturated rings. The van der Waals surface area contributed by atoms with E-state index in [4.69, 9.17) is 4.42 Å². The van der Waals surface area contributed by atoms with Crippen molar-refractivity contribution in [1.82, 2.24) is 4.90 Å². The van der Waals surface area contributed by atoms with Crippen molar-refractivity contribution in [3.8, 4) is 5.75 Å².